The van der Waals surface area contributed by atoms with Crippen molar-refractivity contribution in [3.8, 4) is 0 Å². The average Bonchev–Trinajstić information content (AvgIpc) is 2.48. The van der Waals surface area contributed by atoms with Crippen LogP contribution in [0.25, 0.3) is 0 Å². The molecule has 3 nitrogen and oxygen atoms in total. The van der Waals surface area contributed by atoms with Crippen LogP contribution < -0.4 is 5.32 Å². The van der Waals surface area contributed by atoms with E-state index in [2.05, 4.69) is 5.32 Å². The van der Waals surface area contributed by atoms with Gasteiger partial charge in [-0.3, -0.25) is 0 Å². The van der Waals surface area contributed by atoms with Gasteiger partial charge in [0.25, 0.3) is 0 Å². The number of thiol groups is 1. The second-order valence-corrected chi connectivity index (χ2v) is 11.3. The van der Waals surface area contributed by atoms with Gasteiger partial charge in [-0.05, 0) is 30.9 Å². The summed E-state index contributed by atoms with van der Waals surface area (Å²) in [7, 11) is -4.35. The van der Waals surface area contributed by atoms with Crippen LogP contribution >= 0.6 is 9.93 Å². The Hall–Kier alpha value is -1.30. The third-order valence-electron chi connectivity index (χ3n) is 3.24. The van der Waals surface area contributed by atoms with E-state index in [0.29, 0.717) is 17.3 Å². The molecule has 0 bridgehead atoms. The third kappa shape index (κ3) is 4.33. The molecule has 0 heterocycles. The molecule has 5 heteroatoms. The van der Waals surface area contributed by atoms with Crippen LogP contribution in [0, 0.1) is 6.92 Å². The summed E-state index contributed by atoms with van der Waals surface area (Å²) in [5.74, 6) is 0.500. The van der Waals surface area contributed by atoms with Crippen molar-refractivity contribution in [1.29, 1.82) is 0 Å². The van der Waals surface area contributed by atoms with Gasteiger partial charge in [0, 0.05) is 12.4 Å². The molecule has 0 aliphatic carbocycles. The fourth-order valence-electron chi connectivity index (χ4n) is 1.93. The quantitative estimate of drug-likeness (QED) is 0.634. The van der Waals surface area contributed by atoms with E-state index in [9.17, 15) is 8.42 Å². The van der Waals surface area contributed by atoms with Crippen LogP contribution in [0.2, 0.25) is 0 Å². The molecule has 0 aromatic heterocycles. The largest absolute Gasteiger partial charge is 0.304 e. The molecule has 0 saturated heterocycles. The zero-order chi connectivity index (χ0) is 15.3. The maximum Gasteiger partial charge on any atom is 0.211 e. The maximum atomic E-state index is 12.5. The van der Waals surface area contributed by atoms with Gasteiger partial charge in [-0.25, -0.2) is 8.42 Å². The van der Waals surface area contributed by atoms with E-state index in [1.54, 1.807) is 12.1 Å². The predicted octanol–water partition coefficient (Wildman–Crippen LogP) is 3.06. The number of rotatable bonds is 6. The second-order valence-electron chi connectivity index (χ2n) is 4.99. The fraction of sp³-hybridized carbons (Fsp3) is 0.250. The van der Waals surface area contributed by atoms with E-state index in [1.807, 2.05) is 55.6 Å². The molecule has 0 radical (unpaired) electrons. The van der Waals surface area contributed by atoms with Crippen LogP contribution in [0.5, 0.6) is 0 Å². The highest BCUT2D eigenvalue weighted by Gasteiger charge is 2.19. The van der Waals surface area contributed by atoms with Crippen molar-refractivity contribution in [3.05, 3.63) is 65.7 Å². The molecular weight excluding hydrogens is 302 g/mol. The maximum absolute atomic E-state index is 12.5. The van der Waals surface area contributed by atoms with E-state index in [0.717, 1.165) is 11.1 Å². The zero-order valence-electron chi connectivity index (χ0n) is 12.3. The highest BCUT2D eigenvalue weighted by atomic mass is 33.2. The summed E-state index contributed by atoms with van der Waals surface area (Å²) in [6.45, 7) is 2.64. The molecule has 0 saturated carbocycles. The van der Waals surface area contributed by atoms with Crippen LogP contribution in [0.15, 0.2) is 59.5 Å². The van der Waals surface area contributed by atoms with E-state index < -0.39 is 18.8 Å². The number of benzene rings is 2. The summed E-state index contributed by atoms with van der Waals surface area (Å²) in [6, 6.07) is 17.1. The van der Waals surface area contributed by atoms with Crippen molar-refractivity contribution in [2.75, 3.05) is 12.1 Å². The van der Waals surface area contributed by atoms with E-state index in [4.69, 9.17) is 0 Å². The minimum Gasteiger partial charge on any atom is -0.304 e. The Morgan fingerprint density at radius 1 is 1.00 bits per heavy atom. The summed E-state index contributed by atoms with van der Waals surface area (Å²) in [4.78, 5) is 0.420. The first-order valence-corrected chi connectivity index (χ1v) is 10.8. The van der Waals surface area contributed by atoms with Gasteiger partial charge < -0.3 is 5.32 Å². The van der Waals surface area contributed by atoms with Gasteiger partial charge in [-0.15, -0.1) is 9.93 Å². The number of nitrogens with one attached hydrogen (secondary N) is 1. The minimum atomic E-state index is -3.21. The first-order chi connectivity index (χ1) is 10.00. The van der Waals surface area contributed by atoms with Gasteiger partial charge in [-0.1, -0.05) is 48.0 Å². The Morgan fingerprint density at radius 3 is 2.24 bits per heavy atom. The summed E-state index contributed by atoms with van der Waals surface area (Å²) >= 11 is 0. The summed E-state index contributed by atoms with van der Waals surface area (Å²) in [5.41, 5.74) is 2.23. The molecular formula is C16H21NO2S2. The molecule has 114 valence electrons. The van der Waals surface area contributed by atoms with Crippen molar-refractivity contribution in [2.45, 2.75) is 18.4 Å². The first kappa shape index (κ1) is 16.1. The molecule has 0 spiro atoms. The van der Waals surface area contributed by atoms with Crippen LogP contribution in [0.4, 0.5) is 0 Å². The summed E-state index contributed by atoms with van der Waals surface area (Å²) < 4.78 is 24.9. The molecule has 21 heavy (non-hydrogen) atoms. The molecule has 1 N–H and O–H groups in total. The molecule has 0 aliphatic heterocycles. The Kier molecular flexibility index (Phi) is 5.45. The Balaban J connectivity index is 1.96. The highest BCUT2D eigenvalue weighted by Crippen LogP contribution is 2.34. The normalized spacial score (nSPS) is 13.9. The molecule has 2 rings (SSSR count). The zero-order valence-corrected chi connectivity index (χ0v) is 14.0. The van der Waals surface area contributed by atoms with Gasteiger partial charge in [0.2, 0.25) is 8.87 Å². The van der Waals surface area contributed by atoms with Crippen molar-refractivity contribution in [2.24, 2.45) is 0 Å². The van der Waals surface area contributed by atoms with Crippen molar-refractivity contribution in [1.82, 2.24) is 5.32 Å². The van der Waals surface area contributed by atoms with Crippen molar-refractivity contribution in [3.63, 3.8) is 0 Å². The van der Waals surface area contributed by atoms with Gasteiger partial charge in [-0.2, -0.15) is 0 Å². The smallest absolute Gasteiger partial charge is 0.211 e. The summed E-state index contributed by atoms with van der Waals surface area (Å²) in [6.07, 6.45) is 1.81. The lowest BCUT2D eigenvalue weighted by Gasteiger charge is -2.18. The number of aryl methyl sites for hydroxylation is 1. The van der Waals surface area contributed by atoms with Gasteiger partial charge in [0.1, 0.15) is 0 Å². The lowest BCUT2D eigenvalue weighted by molar-refractivity contribution is 0.610. The number of hydrogen-bond donors (Lipinski definition) is 2. The molecule has 0 amide bonds. The van der Waals surface area contributed by atoms with Crippen molar-refractivity contribution >= 4 is 18.8 Å². The average molecular weight is 323 g/mol. The van der Waals surface area contributed by atoms with E-state index in [1.165, 1.54) is 0 Å². The second kappa shape index (κ2) is 7.11. The van der Waals surface area contributed by atoms with Gasteiger partial charge in [0.05, 0.1) is 4.90 Å². The van der Waals surface area contributed by atoms with E-state index in [-0.39, 0.29) is 0 Å². The molecule has 0 aliphatic rings. The number of hydrogen-bond acceptors (Lipinski definition) is 3. The highest BCUT2D eigenvalue weighted by molar-refractivity contribution is 8.80. The fourth-order valence-corrected chi connectivity index (χ4v) is 5.59. The summed E-state index contributed by atoms with van der Waals surface area (Å²) in [5, 5.41) is 3.24. The van der Waals surface area contributed by atoms with Crippen LogP contribution in [-0.4, -0.2) is 20.6 Å². The predicted molar refractivity (Wildman–Crippen MR) is 91.4 cm³/mol. The standard InChI is InChI=1S/C16H21NO2S2/c1-14-8-10-16(11-9-14)21(18,19)20(2)13-17-12-15-6-4-3-5-7-15/h3-11,17,20H,12-13H2,1-2H3. The van der Waals surface area contributed by atoms with E-state index >= 15 is 0 Å². The van der Waals surface area contributed by atoms with Gasteiger partial charge >= 0.3 is 0 Å². The molecule has 2 aromatic rings. The van der Waals surface area contributed by atoms with Crippen molar-refractivity contribution < 1.29 is 8.42 Å². The molecule has 1 atom stereocenters. The van der Waals surface area contributed by atoms with Crippen LogP contribution in [-0.2, 0) is 15.4 Å². The monoisotopic (exact) mass is 323 g/mol. The van der Waals surface area contributed by atoms with Gasteiger partial charge in [0.15, 0.2) is 0 Å². The molecule has 0 fully saturated rings. The van der Waals surface area contributed by atoms with Crippen LogP contribution in [0.1, 0.15) is 11.1 Å². The topological polar surface area (TPSA) is 46.2 Å². The lowest BCUT2D eigenvalue weighted by Crippen LogP contribution is -2.18. The molecule has 1 unspecified atom stereocenters. The Bertz CT molecular complexity index is 667. The Labute approximate surface area is 129 Å². The lowest BCUT2D eigenvalue weighted by atomic mass is 10.2. The molecule has 2 aromatic carbocycles. The van der Waals surface area contributed by atoms with Crippen LogP contribution in [0.3, 0.4) is 0 Å². The first-order valence-electron chi connectivity index (χ1n) is 6.78. The minimum absolute atomic E-state index is 0.420. The SMILES string of the molecule is Cc1ccc(S(=O)(=O)[SH](C)CNCc2ccccc2)cc1. The Morgan fingerprint density at radius 2 is 1.62 bits per heavy atom. The third-order valence-corrected chi connectivity index (χ3v) is 9.07.